The number of nitrogens with zero attached hydrogens (tertiary/aromatic N) is 2. The molecule has 5 heteroatoms. The summed E-state index contributed by atoms with van der Waals surface area (Å²) in [6.45, 7) is 0.883. The third kappa shape index (κ3) is 5.50. The van der Waals surface area contributed by atoms with E-state index in [0.717, 1.165) is 17.0 Å². The van der Waals surface area contributed by atoms with Crippen LogP contribution in [0.5, 0.6) is 5.75 Å². The van der Waals surface area contributed by atoms with Gasteiger partial charge >= 0.3 is 0 Å². The van der Waals surface area contributed by atoms with Gasteiger partial charge in [-0.3, -0.25) is 4.79 Å². The third-order valence-corrected chi connectivity index (χ3v) is 4.19. The fourth-order valence-corrected chi connectivity index (χ4v) is 2.68. The molecule has 1 unspecified atom stereocenters. The van der Waals surface area contributed by atoms with Crippen LogP contribution in [0.2, 0.25) is 0 Å². The fourth-order valence-electron chi connectivity index (χ4n) is 2.68. The Morgan fingerprint density at radius 2 is 1.68 bits per heavy atom. The van der Waals surface area contributed by atoms with Crippen LogP contribution in [-0.2, 0) is 4.79 Å². The second-order valence-electron chi connectivity index (χ2n) is 6.25. The van der Waals surface area contributed by atoms with E-state index in [0.29, 0.717) is 13.1 Å². The van der Waals surface area contributed by atoms with E-state index in [1.165, 1.54) is 0 Å². The lowest BCUT2D eigenvalue weighted by atomic mass is 10.1. The summed E-state index contributed by atoms with van der Waals surface area (Å²) >= 11 is 0. The number of methoxy groups -OCH3 is 1. The van der Waals surface area contributed by atoms with Crippen LogP contribution in [0.25, 0.3) is 0 Å². The van der Waals surface area contributed by atoms with E-state index in [4.69, 9.17) is 4.74 Å². The van der Waals surface area contributed by atoms with Crippen LogP contribution in [0, 0.1) is 0 Å². The number of hydrogen-bond donors (Lipinski definition) is 1. The van der Waals surface area contributed by atoms with Crippen LogP contribution in [0.3, 0.4) is 0 Å². The molecular weight excluding hydrogens is 314 g/mol. The van der Waals surface area contributed by atoms with Crippen molar-refractivity contribution in [2.45, 2.75) is 6.04 Å². The lowest BCUT2D eigenvalue weighted by Crippen LogP contribution is -2.39. The Morgan fingerprint density at radius 1 is 1.04 bits per heavy atom. The zero-order chi connectivity index (χ0) is 18.2. The molecule has 134 valence electrons. The number of likely N-dealkylation sites (N-methyl/N-ethyl adjacent to an activating group) is 2. The predicted molar refractivity (Wildman–Crippen MR) is 102 cm³/mol. The first-order valence-electron chi connectivity index (χ1n) is 8.34. The molecule has 0 heterocycles. The zero-order valence-corrected chi connectivity index (χ0v) is 15.4. The number of amides is 1. The van der Waals surface area contributed by atoms with Crippen molar-refractivity contribution in [1.29, 1.82) is 0 Å². The molecule has 0 saturated carbocycles. The number of para-hydroxylation sites is 1. The summed E-state index contributed by atoms with van der Waals surface area (Å²) in [7, 11) is 7.60. The van der Waals surface area contributed by atoms with Gasteiger partial charge in [0.2, 0.25) is 5.91 Å². The summed E-state index contributed by atoms with van der Waals surface area (Å²) in [6.07, 6.45) is 0. The highest BCUT2D eigenvalue weighted by molar-refractivity contribution is 5.81. The molecular formula is C20H27N3O2. The normalized spacial score (nSPS) is 11.9. The Balaban J connectivity index is 1.92. The topological polar surface area (TPSA) is 44.8 Å². The van der Waals surface area contributed by atoms with E-state index in [-0.39, 0.29) is 11.9 Å². The van der Waals surface area contributed by atoms with E-state index < -0.39 is 0 Å². The molecule has 0 aromatic heterocycles. The maximum absolute atomic E-state index is 12.3. The standard InChI is InChI=1S/C20H27N3O2/c1-22(2)19(16-10-12-18(25-4)13-11-16)14-21-20(24)15-23(3)17-8-6-5-7-9-17/h5-13,19H,14-15H2,1-4H3,(H,21,24). The van der Waals surface area contributed by atoms with Gasteiger partial charge in [0.1, 0.15) is 5.75 Å². The first-order valence-corrected chi connectivity index (χ1v) is 8.34. The van der Waals surface area contributed by atoms with Crippen LogP contribution >= 0.6 is 0 Å². The summed E-state index contributed by atoms with van der Waals surface area (Å²) < 4.78 is 5.20. The van der Waals surface area contributed by atoms with Gasteiger partial charge in [-0.15, -0.1) is 0 Å². The van der Waals surface area contributed by atoms with E-state index in [1.807, 2.05) is 80.6 Å². The van der Waals surface area contributed by atoms with Gasteiger partial charge in [0.25, 0.3) is 0 Å². The molecule has 0 aliphatic rings. The summed E-state index contributed by atoms with van der Waals surface area (Å²) in [5.74, 6) is 0.835. The van der Waals surface area contributed by atoms with Gasteiger partial charge in [-0.1, -0.05) is 30.3 Å². The molecule has 2 rings (SSSR count). The van der Waals surface area contributed by atoms with Gasteiger partial charge in [-0.05, 0) is 43.9 Å². The Labute approximate surface area is 150 Å². The second kappa shape index (κ2) is 9.08. The minimum Gasteiger partial charge on any atom is -0.497 e. The molecule has 0 spiro atoms. The number of ether oxygens (including phenoxy) is 1. The van der Waals surface area contributed by atoms with Gasteiger partial charge in [0, 0.05) is 19.3 Å². The average molecular weight is 341 g/mol. The molecule has 0 bridgehead atoms. The highest BCUT2D eigenvalue weighted by Crippen LogP contribution is 2.20. The Kier molecular flexibility index (Phi) is 6.83. The Hall–Kier alpha value is -2.53. The Morgan fingerprint density at radius 3 is 2.24 bits per heavy atom. The van der Waals surface area contributed by atoms with E-state index >= 15 is 0 Å². The lowest BCUT2D eigenvalue weighted by Gasteiger charge is -2.26. The number of rotatable bonds is 8. The van der Waals surface area contributed by atoms with Crippen LogP contribution in [0.4, 0.5) is 5.69 Å². The summed E-state index contributed by atoms with van der Waals surface area (Å²) in [5.41, 5.74) is 2.17. The number of hydrogen-bond acceptors (Lipinski definition) is 4. The fraction of sp³-hybridized carbons (Fsp3) is 0.350. The molecule has 2 aromatic carbocycles. The highest BCUT2D eigenvalue weighted by Gasteiger charge is 2.16. The van der Waals surface area contributed by atoms with Crippen LogP contribution < -0.4 is 15.0 Å². The molecule has 0 saturated heterocycles. The SMILES string of the molecule is COc1ccc(C(CNC(=O)CN(C)c2ccccc2)N(C)C)cc1. The van der Waals surface area contributed by atoms with Crippen molar-refractivity contribution in [3.63, 3.8) is 0 Å². The van der Waals surface area contributed by atoms with Crippen molar-refractivity contribution < 1.29 is 9.53 Å². The van der Waals surface area contributed by atoms with Gasteiger partial charge in [0.15, 0.2) is 0 Å². The summed E-state index contributed by atoms with van der Waals surface area (Å²) in [4.78, 5) is 16.3. The number of carbonyl (C=O) groups is 1. The largest absolute Gasteiger partial charge is 0.497 e. The van der Waals surface area contributed by atoms with Crippen LogP contribution in [0.15, 0.2) is 54.6 Å². The van der Waals surface area contributed by atoms with Crippen LogP contribution in [0.1, 0.15) is 11.6 Å². The molecule has 0 fully saturated rings. The monoisotopic (exact) mass is 341 g/mol. The smallest absolute Gasteiger partial charge is 0.239 e. The number of carbonyl (C=O) groups excluding carboxylic acids is 1. The van der Waals surface area contributed by atoms with Crippen molar-refractivity contribution in [3.05, 3.63) is 60.2 Å². The lowest BCUT2D eigenvalue weighted by molar-refractivity contribution is -0.119. The molecule has 0 radical (unpaired) electrons. The minimum atomic E-state index is 0.00622. The zero-order valence-electron chi connectivity index (χ0n) is 15.4. The van der Waals surface area contributed by atoms with E-state index in [9.17, 15) is 4.79 Å². The predicted octanol–water partition coefficient (Wildman–Crippen LogP) is 2.55. The molecule has 1 amide bonds. The minimum absolute atomic E-state index is 0.00622. The van der Waals surface area contributed by atoms with Crippen molar-refractivity contribution >= 4 is 11.6 Å². The van der Waals surface area contributed by atoms with Gasteiger partial charge in [0.05, 0.1) is 19.7 Å². The summed E-state index contributed by atoms with van der Waals surface area (Å²) in [5, 5.41) is 3.04. The maximum atomic E-state index is 12.3. The summed E-state index contributed by atoms with van der Waals surface area (Å²) in [6, 6.07) is 17.9. The van der Waals surface area contributed by atoms with Gasteiger partial charge < -0.3 is 19.9 Å². The molecule has 0 aliphatic carbocycles. The van der Waals surface area contributed by atoms with E-state index in [2.05, 4.69) is 10.2 Å². The maximum Gasteiger partial charge on any atom is 0.239 e. The third-order valence-electron chi connectivity index (χ3n) is 4.19. The second-order valence-corrected chi connectivity index (χ2v) is 6.25. The number of benzene rings is 2. The molecule has 25 heavy (non-hydrogen) atoms. The first-order chi connectivity index (χ1) is 12.0. The molecule has 5 nitrogen and oxygen atoms in total. The quantitative estimate of drug-likeness (QED) is 0.801. The molecule has 1 N–H and O–H groups in total. The molecule has 1 atom stereocenters. The van der Waals surface area contributed by atoms with Crippen molar-refractivity contribution in [3.8, 4) is 5.75 Å². The van der Waals surface area contributed by atoms with Crippen molar-refractivity contribution in [2.24, 2.45) is 0 Å². The highest BCUT2D eigenvalue weighted by atomic mass is 16.5. The van der Waals surface area contributed by atoms with Crippen molar-refractivity contribution in [2.75, 3.05) is 46.2 Å². The number of anilines is 1. The average Bonchev–Trinajstić information content (AvgIpc) is 2.62. The first kappa shape index (κ1) is 18.8. The molecule has 2 aromatic rings. The van der Waals surface area contributed by atoms with Gasteiger partial charge in [-0.25, -0.2) is 0 Å². The Bertz CT molecular complexity index is 656. The number of nitrogens with one attached hydrogen (secondary N) is 1. The van der Waals surface area contributed by atoms with Crippen molar-refractivity contribution in [1.82, 2.24) is 10.2 Å². The van der Waals surface area contributed by atoms with E-state index in [1.54, 1.807) is 7.11 Å². The van der Waals surface area contributed by atoms with Gasteiger partial charge in [-0.2, -0.15) is 0 Å². The molecule has 0 aliphatic heterocycles. The van der Waals surface area contributed by atoms with Crippen LogP contribution in [-0.4, -0.2) is 52.1 Å².